The molecule has 0 aromatic carbocycles. The molecule has 0 aliphatic heterocycles. The molecule has 0 bridgehead atoms. The summed E-state index contributed by atoms with van der Waals surface area (Å²) < 4.78 is 18.8. The zero-order valence-electron chi connectivity index (χ0n) is 12.4. The summed E-state index contributed by atoms with van der Waals surface area (Å²) >= 11 is 0. The van der Waals surface area contributed by atoms with E-state index in [0.29, 0.717) is 12.3 Å². The number of aliphatic imine (C=N–C) groups is 1. The molecule has 3 heteroatoms. The Hall–Kier alpha value is -0.960. The number of allylic oxidation sites excluding steroid dienone is 2. The van der Waals surface area contributed by atoms with Crippen molar-refractivity contribution in [3.8, 4) is 0 Å². The topological polar surface area (TPSA) is 21.6 Å². The van der Waals surface area contributed by atoms with E-state index >= 15 is 0 Å². The average Bonchev–Trinajstić information content (AvgIpc) is 2.48. The smallest absolute Gasteiger partial charge is 0.118 e. The molecule has 0 aromatic rings. The predicted molar refractivity (Wildman–Crippen MR) is 82.1 cm³/mol. The molecule has 0 aromatic heterocycles. The summed E-state index contributed by atoms with van der Waals surface area (Å²) in [5.41, 5.74) is 0. The minimum atomic E-state index is -0.767. The summed E-state index contributed by atoms with van der Waals surface area (Å²) in [6.45, 7) is 3.04. The van der Waals surface area contributed by atoms with Crippen LogP contribution in [0.3, 0.4) is 0 Å². The van der Waals surface area contributed by atoms with Crippen LogP contribution < -0.4 is 0 Å². The van der Waals surface area contributed by atoms with Gasteiger partial charge in [-0.15, -0.1) is 0 Å². The van der Waals surface area contributed by atoms with Crippen molar-refractivity contribution in [3.05, 3.63) is 24.3 Å². The fourth-order valence-electron chi connectivity index (χ4n) is 2.57. The maximum Gasteiger partial charge on any atom is 0.118 e. The van der Waals surface area contributed by atoms with E-state index in [0.717, 1.165) is 32.3 Å². The minimum absolute atomic E-state index is 0.175. The quantitative estimate of drug-likeness (QED) is 0.404. The Morgan fingerprint density at radius 3 is 2.70 bits per heavy atom. The number of halogens is 1. The Morgan fingerprint density at radius 1 is 1.15 bits per heavy atom. The number of alkyl halides is 1. The van der Waals surface area contributed by atoms with Gasteiger partial charge in [-0.25, -0.2) is 4.39 Å². The number of hydrogen-bond acceptors (Lipinski definition) is 2. The van der Waals surface area contributed by atoms with Crippen molar-refractivity contribution < 1.29 is 9.13 Å². The molecule has 0 saturated carbocycles. The molecular formula is C17H26FNO. The van der Waals surface area contributed by atoms with Gasteiger partial charge >= 0.3 is 0 Å². The highest BCUT2D eigenvalue weighted by molar-refractivity contribution is 5.64. The second kappa shape index (κ2) is 8.35. The predicted octanol–water partition coefficient (Wildman–Crippen LogP) is 4.27. The lowest BCUT2D eigenvalue weighted by atomic mass is 9.95. The van der Waals surface area contributed by atoms with E-state index in [1.807, 2.05) is 12.3 Å². The van der Waals surface area contributed by atoms with Crippen LogP contribution in [0.1, 0.15) is 45.4 Å². The molecule has 0 heterocycles. The van der Waals surface area contributed by atoms with Crippen LogP contribution in [0, 0.1) is 5.92 Å². The number of hydrogen-bond donors (Lipinski definition) is 0. The van der Waals surface area contributed by atoms with Crippen molar-refractivity contribution in [2.24, 2.45) is 10.9 Å². The molecule has 0 saturated heterocycles. The van der Waals surface area contributed by atoms with Gasteiger partial charge in [0.2, 0.25) is 0 Å². The Kier molecular flexibility index (Phi) is 6.44. The number of rotatable bonds is 6. The average molecular weight is 279 g/mol. The fourth-order valence-corrected chi connectivity index (χ4v) is 2.57. The first-order chi connectivity index (χ1) is 9.78. The standard InChI is InChI=1S/C17H26FNO/c1-2-3-12-20-17-10-4-14(5-11-17)13-19-16-8-6-15(18)7-9-16/h4,6,8,10,13-17H,2-3,5,7,9,11-12H2,1H3/b19-13+. The van der Waals surface area contributed by atoms with E-state index in [4.69, 9.17) is 4.74 Å². The van der Waals surface area contributed by atoms with Gasteiger partial charge in [0.1, 0.15) is 6.17 Å². The van der Waals surface area contributed by atoms with Crippen LogP contribution in [0.4, 0.5) is 4.39 Å². The van der Waals surface area contributed by atoms with Crippen molar-refractivity contribution in [1.29, 1.82) is 0 Å². The zero-order chi connectivity index (χ0) is 14.2. The maximum absolute atomic E-state index is 13.0. The third kappa shape index (κ3) is 5.20. The van der Waals surface area contributed by atoms with Crippen molar-refractivity contribution in [2.45, 2.75) is 63.8 Å². The highest BCUT2D eigenvalue weighted by atomic mass is 19.1. The molecule has 0 fully saturated rings. The van der Waals surface area contributed by atoms with Gasteiger partial charge in [0.25, 0.3) is 0 Å². The summed E-state index contributed by atoms with van der Waals surface area (Å²) in [6, 6.07) is 0.175. The lowest BCUT2D eigenvalue weighted by molar-refractivity contribution is 0.0716. The van der Waals surface area contributed by atoms with Crippen LogP contribution in [0.15, 0.2) is 29.3 Å². The molecule has 0 amide bonds. The normalized spacial score (nSPS) is 33.9. The Labute approximate surface area is 121 Å². The lowest BCUT2D eigenvalue weighted by Gasteiger charge is -2.21. The van der Waals surface area contributed by atoms with Crippen LogP contribution in [-0.2, 0) is 4.74 Å². The van der Waals surface area contributed by atoms with Crippen LogP contribution >= 0.6 is 0 Å². The van der Waals surface area contributed by atoms with Gasteiger partial charge in [-0.1, -0.05) is 37.6 Å². The van der Waals surface area contributed by atoms with Gasteiger partial charge in [0.05, 0.1) is 12.1 Å². The summed E-state index contributed by atoms with van der Waals surface area (Å²) in [5, 5.41) is 0. The molecule has 0 N–H and O–H groups in total. The fraction of sp³-hybridized carbons (Fsp3) is 0.706. The Bertz CT molecular complexity index is 364. The molecular weight excluding hydrogens is 253 g/mol. The highest BCUT2D eigenvalue weighted by Crippen LogP contribution is 2.20. The summed E-state index contributed by atoms with van der Waals surface area (Å²) in [4.78, 5) is 4.57. The Morgan fingerprint density at radius 2 is 2.05 bits per heavy atom. The molecule has 0 radical (unpaired) electrons. The monoisotopic (exact) mass is 279 g/mol. The van der Waals surface area contributed by atoms with Crippen LogP contribution in [-0.4, -0.2) is 31.1 Å². The first kappa shape index (κ1) is 15.4. The van der Waals surface area contributed by atoms with Gasteiger partial charge in [0, 0.05) is 18.7 Å². The SMILES string of the molecule is CCCCOC1C=CC(/C=N/C2C=CC(F)CC2)CC1. The Balaban J connectivity index is 1.72. The molecule has 112 valence electrons. The molecule has 4 unspecified atom stereocenters. The van der Waals surface area contributed by atoms with E-state index in [1.54, 1.807) is 6.08 Å². The van der Waals surface area contributed by atoms with E-state index in [9.17, 15) is 4.39 Å². The maximum atomic E-state index is 13.0. The van der Waals surface area contributed by atoms with Crippen LogP contribution in [0.25, 0.3) is 0 Å². The van der Waals surface area contributed by atoms with Gasteiger partial charge < -0.3 is 4.74 Å². The number of unbranched alkanes of at least 4 members (excludes halogenated alkanes) is 1. The highest BCUT2D eigenvalue weighted by Gasteiger charge is 2.16. The molecule has 2 nitrogen and oxygen atoms in total. The van der Waals surface area contributed by atoms with Crippen molar-refractivity contribution in [3.63, 3.8) is 0 Å². The van der Waals surface area contributed by atoms with E-state index in [1.165, 1.54) is 6.42 Å². The van der Waals surface area contributed by atoms with Crippen molar-refractivity contribution >= 4 is 6.21 Å². The van der Waals surface area contributed by atoms with Gasteiger partial charge in [-0.2, -0.15) is 0 Å². The molecule has 0 spiro atoms. The molecule has 2 aliphatic rings. The minimum Gasteiger partial charge on any atom is -0.374 e. The zero-order valence-corrected chi connectivity index (χ0v) is 12.4. The number of ether oxygens (including phenoxy) is 1. The molecule has 2 aliphatic carbocycles. The van der Waals surface area contributed by atoms with Gasteiger partial charge in [-0.05, 0) is 32.1 Å². The van der Waals surface area contributed by atoms with E-state index in [2.05, 4.69) is 24.1 Å². The second-order valence-electron chi connectivity index (χ2n) is 5.73. The molecule has 20 heavy (non-hydrogen) atoms. The van der Waals surface area contributed by atoms with Crippen LogP contribution in [0.5, 0.6) is 0 Å². The molecule has 4 atom stereocenters. The first-order valence-corrected chi connectivity index (χ1v) is 7.93. The molecule has 2 rings (SSSR count). The third-order valence-electron chi connectivity index (χ3n) is 3.94. The van der Waals surface area contributed by atoms with Crippen LogP contribution in [0.2, 0.25) is 0 Å². The number of nitrogens with zero attached hydrogens (tertiary/aromatic N) is 1. The van der Waals surface area contributed by atoms with Crippen molar-refractivity contribution in [1.82, 2.24) is 0 Å². The third-order valence-corrected chi connectivity index (χ3v) is 3.94. The van der Waals surface area contributed by atoms with E-state index in [-0.39, 0.29) is 12.1 Å². The van der Waals surface area contributed by atoms with Crippen molar-refractivity contribution in [2.75, 3.05) is 6.61 Å². The summed E-state index contributed by atoms with van der Waals surface area (Å²) in [6.07, 6.45) is 15.4. The summed E-state index contributed by atoms with van der Waals surface area (Å²) in [5.74, 6) is 0.414. The van der Waals surface area contributed by atoms with E-state index < -0.39 is 6.17 Å². The lowest BCUT2D eigenvalue weighted by Crippen LogP contribution is -2.18. The first-order valence-electron chi connectivity index (χ1n) is 7.93. The summed E-state index contributed by atoms with van der Waals surface area (Å²) in [7, 11) is 0. The largest absolute Gasteiger partial charge is 0.374 e. The van der Waals surface area contributed by atoms with Gasteiger partial charge in [-0.3, -0.25) is 4.99 Å². The van der Waals surface area contributed by atoms with Gasteiger partial charge in [0.15, 0.2) is 0 Å². The second-order valence-corrected chi connectivity index (χ2v) is 5.73.